The van der Waals surface area contributed by atoms with Gasteiger partial charge in [0.15, 0.2) is 0 Å². The maximum absolute atomic E-state index is 12.7. The van der Waals surface area contributed by atoms with Gasteiger partial charge in [0.25, 0.3) is 0 Å². The molecule has 2 N–H and O–H groups in total. The number of ether oxygens (including phenoxy) is 1. The Kier molecular flexibility index (Phi) is 7.28. The highest BCUT2D eigenvalue weighted by Gasteiger charge is 2.18. The van der Waals surface area contributed by atoms with Gasteiger partial charge in [0.05, 0.1) is 24.0 Å². The Morgan fingerprint density at radius 3 is 2.50 bits per heavy atom. The molecule has 4 rings (SSSR count). The molecule has 1 heterocycles. The molecule has 0 radical (unpaired) electrons. The lowest BCUT2D eigenvalue weighted by Crippen LogP contribution is -2.28. The van der Waals surface area contributed by atoms with Crippen molar-refractivity contribution >= 4 is 16.9 Å². The number of imidazole rings is 1. The molecule has 0 aliphatic carbocycles. The molecule has 0 saturated carbocycles. The Hall–Kier alpha value is -3.64. The van der Waals surface area contributed by atoms with Crippen LogP contribution < -0.4 is 10.1 Å². The number of nitrogens with zero attached hydrogens (tertiary/aromatic N) is 2. The first-order valence-corrected chi connectivity index (χ1v) is 11.5. The minimum absolute atomic E-state index is 0.114. The van der Waals surface area contributed by atoms with Crippen molar-refractivity contribution < 1.29 is 14.6 Å². The van der Waals surface area contributed by atoms with Crippen LogP contribution in [-0.4, -0.2) is 33.3 Å². The van der Waals surface area contributed by atoms with E-state index in [-0.39, 0.29) is 25.5 Å². The SMILES string of the molecule is Cc1ccc(C)c(OCC(O)Cn2c(CC(=O)NCc3ccccc3)nc3ccccc32)c1C. The zero-order chi connectivity index (χ0) is 24.1. The number of nitrogens with one attached hydrogen (secondary N) is 1. The normalized spacial score (nSPS) is 12.0. The number of fused-ring (bicyclic) bond motifs is 1. The summed E-state index contributed by atoms with van der Waals surface area (Å²) >= 11 is 0. The van der Waals surface area contributed by atoms with E-state index >= 15 is 0 Å². The monoisotopic (exact) mass is 457 g/mol. The van der Waals surface area contributed by atoms with Crippen LogP contribution in [0.2, 0.25) is 0 Å². The summed E-state index contributed by atoms with van der Waals surface area (Å²) in [6, 6.07) is 21.6. The number of aliphatic hydroxyl groups is 1. The van der Waals surface area contributed by atoms with Crippen molar-refractivity contribution in [1.29, 1.82) is 0 Å². The summed E-state index contributed by atoms with van der Waals surface area (Å²) in [5.74, 6) is 1.32. The summed E-state index contributed by atoms with van der Waals surface area (Å²) in [4.78, 5) is 17.3. The molecule has 4 aromatic rings. The van der Waals surface area contributed by atoms with Crippen molar-refractivity contribution in [2.45, 2.75) is 46.4 Å². The van der Waals surface area contributed by atoms with Crippen LogP contribution in [0, 0.1) is 20.8 Å². The maximum Gasteiger partial charge on any atom is 0.227 e. The lowest BCUT2D eigenvalue weighted by molar-refractivity contribution is -0.120. The third kappa shape index (κ3) is 5.46. The highest BCUT2D eigenvalue weighted by molar-refractivity contribution is 5.81. The second-order valence-corrected chi connectivity index (χ2v) is 8.68. The Balaban J connectivity index is 1.46. The lowest BCUT2D eigenvalue weighted by atomic mass is 10.1. The number of carbonyl (C=O) groups excluding carboxylic acids is 1. The number of aryl methyl sites for hydroxylation is 2. The predicted molar refractivity (Wildman–Crippen MR) is 134 cm³/mol. The molecule has 0 aliphatic heterocycles. The Morgan fingerprint density at radius 1 is 1.00 bits per heavy atom. The average molecular weight is 458 g/mol. The van der Waals surface area contributed by atoms with E-state index in [0.717, 1.165) is 39.0 Å². The fourth-order valence-corrected chi connectivity index (χ4v) is 4.06. The zero-order valence-electron chi connectivity index (χ0n) is 19.9. The molecule has 0 bridgehead atoms. The molecule has 0 saturated heterocycles. The van der Waals surface area contributed by atoms with Crippen LogP contribution in [0.25, 0.3) is 11.0 Å². The molecule has 1 aromatic heterocycles. The minimum Gasteiger partial charge on any atom is -0.490 e. The summed E-state index contributed by atoms with van der Waals surface area (Å²) < 4.78 is 7.93. The van der Waals surface area contributed by atoms with E-state index in [0.29, 0.717) is 12.4 Å². The zero-order valence-corrected chi connectivity index (χ0v) is 19.9. The van der Waals surface area contributed by atoms with Gasteiger partial charge < -0.3 is 19.7 Å². The number of carbonyl (C=O) groups is 1. The smallest absolute Gasteiger partial charge is 0.227 e. The first-order chi connectivity index (χ1) is 16.4. The molecular weight excluding hydrogens is 426 g/mol. The summed E-state index contributed by atoms with van der Waals surface area (Å²) in [5, 5.41) is 13.8. The molecular formula is C28H31N3O3. The third-order valence-corrected chi connectivity index (χ3v) is 6.07. The second kappa shape index (κ2) is 10.5. The molecule has 0 spiro atoms. The van der Waals surface area contributed by atoms with E-state index < -0.39 is 6.10 Å². The van der Waals surface area contributed by atoms with E-state index in [1.807, 2.05) is 86.0 Å². The van der Waals surface area contributed by atoms with Crippen LogP contribution in [0.4, 0.5) is 0 Å². The molecule has 6 nitrogen and oxygen atoms in total. The van der Waals surface area contributed by atoms with Gasteiger partial charge in [-0.05, 0) is 55.2 Å². The molecule has 3 aromatic carbocycles. The highest BCUT2D eigenvalue weighted by atomic mass is 16.5. The van der Waals surface area contributed by atoms with Crippen LogP contribution in [0.5, 0.6) is 5.75 Å². The van der Waals surface area contributed by atoms with Crippen LogP contribution in [0.3, 0.4) is 0 Å². The van der Waals surface area contributed by atoms with Crippen LogP contribution in [-0.2, 0) is 24.3 Å². The average Bonchev–Trinajstić information content (AvgIpc) is 3.17. The van der Waals surface area contributed by atoms with E-state index in [1.54, 1.807) is 0 Å². The molecule has 1 atom stereocenters. The number of hydrogen-bond donors (Lipinski definition) is 2. The summed E-state index contributed by atoms with van der Waals surface area (Å²) in [7, 11) is 0. The van der Waals surface area contributed by atoms with Gasteiger partial charge in [0.1, 0.15) is 24.3 Å². The standard InChI is InChI=1S/C28H31N3O3/c1-19-13-14-20(2)28(21(19)3)34-18-23(32)17-31-25-12-8-7-11-24(25)30-26(31)15-27(33)29-16-22-9-5-4-6-10-22/h4-14,23,32H,15-18H2,1-3H3,(H,29,33). The van der Waals surface area contributed by atoms with Gasteiger partial charge >= 0.3 is 0 Å². The fraction of sp³-hybridized carbons (Fsp3) is 0.286. The molecule has 1 unspecified atom stereocenters. The van der Waals surface area contributed by atoms with Gasteiger partial charge in [-0.1, -0.05) is 54.6 Å². The number of aromatic nitrogens is 2. The molecule has 34 heavy (non-hydrogen) atoms. The van der Waals surface area contributed by atoms with E-state index in [4.69, 9.17) is 4.74 Å². The second-order valence-electron chi connectivity index (χ2n) is 8.68. The summed E-state index contributed by atoms with van der Waals surface area (Å²) in [5.41, 5.74) is 6.00. The first-order valence-electron chi connectivity index (χ1n) is 11.5. The molecule has 6 heteroatoms. The largest absolute Gasteiger partial charge is 0.490 e. The molecule has 1 amide bonds. The van der Waals surface area contributed by atoms with Gasteiger partial charge in [-0.25, -0.2) is 4.98 Å². The Morgan fingerprint density at radius 2 is 1.71 bits per heavy atom. The van der Waals surface area contributed by atoms with Gasteiger partial charge in [0, 0.05) is 6.54 Å². The predicted octanol–water partition coefficient (Wildman–Crippen LogP) is 4.26. The molecule has 0 aliphatic rings. The first kappa shape index (κ1) is 23.5. The summed E-state index contributed by atoms with van der Waals surface area (Å²) in [6.07, 6.45) is -0.631. The van der Waals surface area contributed by atoms with E-state index in [9.17, 15) is 9.90 Å². The molecule has 0 fully saturated rings. The highest BCUT2D eigenvalue weighted by Crippen LogP contribution is 2.26. The number of rotatable bonds is 9. The van der Waals surface area contributed by atoms with Crippen LogP contribution in [0.1, 0.15) is 28.1 Å². The maximum atomic E-state index is 12.7. The number of para-hydroxylation sites is 2. The van der Waals surface area contributed by atoms with Gasteiger partial charge in [-0.15, -0.1) is 0 Å². The van der Waals surface area contributed by atoms with Crippen molar-refractivity contribution in [1.82, 2.24) is 14.9 Å². The number of hydrogen-bond acceptors (Lipinski definition) is 4. The topological polar surface area (TPSA) is 76.4 Å². The molecule has 176 valence electrons. The van der Waals surface area contributed by atoms with Crippen molar-refractivity contribution in [3.63, 3.8) is 0 Å². The van der Waals surface area contributed by atoms with Gasteiger partial charge in [0.2, 0.25) is 5.91 Å². The number of aliphatic hydroxyl groups excluding tert-OH is 1. The summed E-state index contributed by atoms with van der Waals surface area (Å²) in [6.45, 7) is 6.97. The number of benzene rings is 3. The van der Waals surface area contributed by atoms with E-state index in [2.05, 4.69) is 16.4 Å². The van der Waals surface area contributed by atoms with Crippen molar-refractivity contribution in [2.24, 2.45) is 0 Å². The van der Waals surface area contributed by atoms with Crippen LogP contribution >= 0.6 is 0 Å². The number of amides is 1. The minimum atomic E-state index is -0.761. The van der Waals surface area contributed by atoms with Crippen molar-refractivity contribution in [2.75, 3.05) is 6.61 Å². The van der Waals surface area contributed by atoms with Crippen LogP contribution in [0.15, 0.2) is 66.7 Å². The van der Waals surface area contributed by atoms with Gasteiger partial charge in [-0.3, -0.25) is 4.79 Å². The third-order valence-electron chi connectivity index (χ3n) is 6.07. The van der Waals surface area contributed by atoms with Gasteiger partial charge in [-0.2, -0.15) is 0 Å². The van der Waals surface area contributed by atoms with Crippen molar-refractivity contribution in [3.05, 3.63) is 94.8 Å². The van der Waals surface area contributed by atoms with Crippen molar-refractivity contribution in [3.8, 4) is 5.75 Å². The fourth-order valence-electron chi connectivity index (χ4n) is 4.06. The Labute approximate surface area is 200 Å². The lowest BCUT2D eigenvalue weighted by Gasteiger charge is -2.18. The Bertz CT molecular complexity index is 1280. The quantitative estimate of drug-likeness (QED) is 0.394. The van der Waals surface area contributed by atoms with E-state index in [1.165, 1.54) is 0 Å².